The van der Waals surface area contributed by atoms with Crippen molar-refractivity contribution in [2.75, 3.05) is 11.5 Å². The monoisotopic (exact) mass is 291 g/mol. The molecule has 20 heavy (non-hydrogen) atoms. The average molecular weight is 291 g/mol. The molecule has 0 saturated carbocycles. The van der Waals surface area contributed by atoms with Crippen molar-refractivity contribution in [2.45, 2.75) is 57.1 Å². The molecule has 1 fully saturated rings. The number of ketones is 1. The maximum absolute atomic E-state index is 13.2. The summed E-state index contributed by atoms with van der Waals surface area (Å²) in [7, 11) is 0.296. The Labute approximate surface area is 126 Å². The van der Waals surface area contributed by atoms with Crippen LogP contribution < -0.4 is 0 Å². The third-order valence-corrected chi connectivity index (χ3v) is 7.60. The van der Waals surface area contributed by atoms with E-state index in [-0.39, 0.29) is 4.75 Å². The molecule has 0 spiro atoms. The molecule has 0 bridgehead atoms. The van der Waals surface area contributed by atoms with Crippen molar-refractivity contribution in [3.8, 4) is 0 Å². The van der Waals surface area contributed by atoms with E-state index in [9.17, 15) is 4.79 Å². The normalized spacial score (nSPS) is 16.5. The van der Waals surface area contributed by atoms with E-state index in [4.69, 9.17) is 0 Å². The minimum atomic E-state index is -0.0681. The molecule has 0 aliphatic carbocycles. The second kappa shape index (κ2) is 7.31. The van der Waals surface area contributed by atoms with Gasteiger partial charge in [-0.3, -0.25) is 4.79 Å². The molecule has 1 aromatic carbocycles. The van der Waals surface area contributed by atoms with E-state index < -0.39 is 0 Å². The lowest BCUT2D eigenvalue weighted by Crippen LogP contribution is -2.47. The minimum absolute atomic E-state index is 0.0681. The van der Waals surface area contributed by atoms with Gasteiger partial charge in [0, 0.05) is 29.3 Å². The Morgan fingerprint density at radius 2 is 1.60 bits per heavy atom. The van der Waals surface area contributed by atoms with Gasteiger partial charge in [0.25, 0.3) is 0 Å². The molecule has 1 aliphatic rings. The average Bonchev–Trinajstić information content (AvgIpc) is 3.02. The Morgan fingerprint density at radius 1 is 1.05 bits per heavy atom. The molecule has 0 N–H and O–H groups in total. The molecule has 1 saturated heterocycles. The van der Waals surface area contributed by atoms with Crippen LogP contribution in [0.3, 0.4) is 0 Å². The van der Waals surface area contributed by atoms with Crippen molar-refractivity contribution in [1.29, 1.82) is 0 Å². The maximum Gasteiger partial charge on any atom is 0.217 e. The van der Waals surface area contributed by atoms with Gasteiger partial charge in [-0.2, -0.15) is 0 Å². The van der Waals surface area contributed by atoms with E-state index in [0.29, 0.717) is 16.7 Å². The summed E-state index contributed by atoms with van der Waals surface area (Å²) in [5.74, 6) is 2.98. The zero-order chi connectivity index (χ0) is 14.4. The van der Waals surface area contributed by atoms with Crippen molar-refractivity contribution in [3.63, 3.8) is 0 Å². The quantitative estimate of drug-likeness (QED) is 0.529. The molecule has 1 nitrogen and oxygen atoms in total. The third kappa shape index (κ3) is 3.11. The molecule has 0 aromatic heterocycles. The molecule has 2 rings (SSSR count). The first kappa shape index (κ1) is 15.6. The molecular formula is C18H27OS+. The first-order chi connectivity index (χ1) is 9.74. The van der Waals surface area contributed by atoms with Crippen molar-refractivity contribution in [3.05, 3.63) is 35.9 Å². The van der Waals surface area contributed by atoms with Crippen LogP contribution in [0.2, 0.25) is 0 Å². The summed E-state index contributed by atoms with van der Waals surface area (Å²) in [6, 6.07) is 9.99. The Morgan fingerprint density at radius 3 is 2.10 bits per heavy atom. The lowest BCUT2D eigenvalue weighted by atomic mass is 9.88. The summed E-state index contributed by atoms with van der Waals surface area (Å²) in [5.41, 5.74) is 0.925. The summed E-state index contributed by atoms with van der Waals surface area (Å²) in [4.78, 5) is 13.2. The first-order valence-corrected chi connectivity index (χ1v) is 9.58. The zero-order valence-corrected chi connectivity index (χ0v) is 13.7. The number of hydrogen-bond donors (Lipinski definition) is 0. The summed E-state index contributed by atoms with van der Waals surface area (Å²) < 4.78 is -0.0681. The minimum Gasteiger partial charge on any atom is -0.288 e. The van der Waals surface area contributed by atoms with E-state index >= 15 is 0 Å². The molecule has 0 atom stereocenters. The highest BCUT2D eigenvalue weighted by Gasteiger charge is 2.53. The van der Waals surface area contributed by atoms with Gasteiger partial charge in [0.15, 0.2) is 4.75 Å². The summed E-state index contributed by atoms with van der Waals surface area (Å²) in [6.07, 6.45) is 7.00. The Hall–Kier alpha value is -0.760. The number of rotatable bonds is 7. The van der Waals surface area contributed by atoms with E-state index in [1.165, 1.54) is 24.3 Å². The standard InChI is InChI=1S/C18H27OS/c1-3-12-18(13-4-2,20-14-8-9-15-20)17(19)16-10-6-5-7-11-16/h5-7,10-11H,3-4,8-9,12-15H2,1-2H3/q+1. The van der Waals surface area contributed by atoms with Gasteiger partial charge in [0.1, 0.15) is 11.5 Å². The number of benzene rings is 1. The van der Waals surface area contributed by atoms with E-state index in [2.05, 4.69) is 13.8 Å². The zero-order valence-electron chi connectivity index (χ0n) is 12.9. The second-order valence-electron chi connectivity index (χ2n) is 5.80. The Kier molecular flexibility index (Phi) is 5.71. The first-order valence-electron chi connectivity index (χ1n) is 8.02. The van der Waals surface area contributed by atoms with Gasteiger partial charge in [-0.15, -0.1) is 0 Å². The molecule has 1 heterocycles. The number of hydrogen-bond acceptors (Lipinski definition) is 1. The fraction of sp³-hybridized carbons (Fsp3) is 0.611. The van der Waals surface area contributed by atoms with E-state index in [1.54, 1.807) is 0 Å². The molecule has 1 aromatic rings. The maximum atomic E-state index is 13.2. The molecule has 0 radical (unpaired) electrons. The van der Waals surface area contributed by atoms with Crippen LogP contribution in [0.15, 0.2) is 30.3 Å². The number of carbonyl (C=O) groups excluding carboxylic acids is 1. The summed E-state index contributed by atoms with van der Waals surface area (Å²) in [5, 5.41) is 0. The van der Waals surface area contributed by atoms with Gasteiger partial charge in [-0.05, 0) is 12.8 Å². The van der Waals surface area contributed by atoms with Gasteiger partial charge in [-0.25, -0.2) is 0 Å². The highest BCUT2D eigenvalue weighted by molar-refractivity contribution is 7.99. The van der Waals surface area contributed by atoms with Crippen LogP contribution in [0.5, 0.6) is 0 Å². The number of carbonyl (C=O) groups is 1. The topological polar surface area (TPSA) is 17.1 Å². The van der Waals surface area contributed by atoms with Crippen molar-refractivity contribution >= 4 is 16.7 Å². The fourth-order valence-electron chi connectivity index (χ4n) is 3.48. The van der Waals surface area contributed by atoms with Crippen molar-refractivity contribution < 1.29 is 4.79 Å². The lowest BCUT2D eigenvalue weighted by Gasteiger charge is -2.30. The fourth-order valence-corrected chi connectivity index (χ4v) is 6.93. The molecule has 0 amide bonds. The van der Waals surface area contributed by atoms with E-state index in [0.717, 1.165) is 31.2 Å². The van der Waals surface area contributed by atoms with Crippen LogP contribution in [0.4, 0.5) is 0 Å². The van der Waals surface area contributed by atoms with Crippen LogP contribution in [-0.2, 0) is 10.9 Å². The largest absolute Gasteiger partial charge is 0.288 e. The van der Waals surface area contributed by atoms with Crippen molar-refractivity contribution in [2.24, 2.45) is 0 Å². The van der Waals surface area contributed by atoms with Crippen LogP contribution >= 0.6 is 0 Å². The van der Waals surface area contributed by atoms with Crippen LogP contribution in [0, 0.1) is 0 Å². The SMILES string of the molecule is CCCC(CCC)(C(=O)c1ccccc1)[S+]1CCCC1. The molecule has 1 aliphatic heterocycles. The predicted octanol–water partition coefficient (Wildman–Crippen LogP) is 4.62. The van der Waals surface area contributed by atoms with Crippen LogP contribution in [0.25, 0.3) is 0 Å². The van der Waals surface area contributed by atoms with E-state index in [1.807, 2.05) is 30.3 Å². The highest BCUT2D eigenvalue weighted by atomic mass is 32.2. The second-order valence-corrected chi connectivity index (χ2v) is 8.38. The molecule has 110 valence electrons. The smallest absolute Gasteiger partial charge is 0.217 e. The van der Waals surface area contributed by atoms with Gasteiger partial charge in [0.05, 0.1) is 0 Å². The highest BCUT2D eigenvalue weighted by Crippen LogP contribution is 2.38. The lowest BCUT2D eigenvalue weighted by molar-refractivity contribution is 0.0929. The number of Topliss-reactive ketones (excluding diaryl/α,β-unsaturated/α-hetero) is 1. The Bertz CT molecular complexity index is 414. The molecule has 2 heteroatoms. The van der Waals surface area contributed by atoms with Crippen LogP contribution in [-0.4, -0.2) is 22.0 Å². The third-order valence-electron chi connectivity index (χ3n) is 4.34. The van der Waals surface area contributed by atoms with Crippen molar-refractivity contribution in [1.82, 2.24) is 0 Å². The van der Waals surface area contributed by atoms with Gasteiger partial charge < -0.3 is 0 Å². The molecule has 0 unspecified atom stereocenters. The van der Waals surface area contributed by atoms with Gasteiger partial charge in [-0.1, -0.05) is 57.0 Å². The van der Waals surface area contributed by atoms with Crippen LogP contribution in [0.1, 0.15) is 62.7 Å². The van der Waals surface area contributed by atoms with Gasteiger partial charge in [0.2, 0.25) is 5.78 Å². The summed E-state index contributed by atoms with van der Waals surface area (Å²) >= 11 is 0. The predicted molar refractivity (Wildman–Crippen MR) is 89.7 cm³/mol. The summed E-state index contributed by atoms with van der Waals surface area (Å²) in [6.45, 7) is 4.45. The molecular weight excluding hydrogens is 264 g/mol. The Balaban J connectivity index is 2.35. The van der Waals surface area contributed by atoms with Gasteiger partial charge >= 0.3 is 0 Å².